The summed E-state index contributed by atoms with van der Waals surface area (Å²) < 4.78 is 43.2. The first kappa shape index (κ1) is 25.9. The van der Waals surface area contributed by atoms with Gasteiger partial charge in [-0.05, 0) is 36.1 Å². The summed E-state index contributed by atoms with van der Waals surface area (Å²) in [5, 5.41) is 11.8. The number of hydrogen-bond donors (Lipinski definition) is 2. The number of ether oxygens (including phenoxy) is 1. The Morgan fingerprint density at radius 2 is 1.53 bits per heavy atom. The SMILES string of the molecule is CCOP(=O)(OCC)[C@H](F)[C@H](C)[C@H](NC(=O)OCC1c2ccccc2-c2ccccc21)C(=O)O. The molecule has 3 rings (SSSR count). The Bertz CT molecular complexity index is 1020. The lowest BCUT2D eigenvalue weighted by Gasteiger charge is -2.28. The van der Waals surface area contributed by atoms with Crippen molar-refractivity contribution in [1.29, 1.82) is 0 Å². The minimum Gasteiger partial charge on any atom is -0.480 e. The van der Waals surface area contributed by atoms with Gasteiger partial charge >= 0.3 is 19.7 Å². The number of alkyl halides is 1. The van der Waals surface area contributed by atoms with Gasteiger partial charge in [0, 0.05) is 11.8 Å². The smallest absolute Gasteiger partial charge is 0.407 e. The number of halogens is 1. The second-order valence-corrected chi connectivity index (χ2v) is 9.98. The zero-order valence-corrected chi connectivity index (χ0v) is 20.2. The number of carboxylic acid groups (broad SMARTS) is 1. The minimum atomic E-state index is -4.23. The lowest BCUT2D eigenvalue weighted by molar-refractivity contribution is -0.141. The summed E-state index contributed by atoms with van der Waals surface area (Å²) in [4.78, 5) is 24.3. The Morgan fingerprint density at radius 1 is 1.03 bits per heavy atom. The van der Waals surface area contributed by atoms with E-state index in [2.05, 4.69) is 5.32 Å². The van der Waals surface area contributed by atoms with Crippen molar-refractivity contribution in [2.75, 3.05) is 19.8 Å². The number of nitrogens with one attached hydrogen (secondary N) is 1. The van der Waals surface area contributed by atoms with E-state index in [1.165, 1.54) is 20.8 Å². The van der Waals surface area contributed by atoms with Gasteiger partial charge in [0.15, 0.2) is 0 Å². The molecular weight excluding hydrogens is 464 g/mol. The van der Waals surface area contributed by atoms with Crippen LogP contribution in [0.15, 0.2) is 48.5 Å². The van der Waals surface area contributed by atoms with Gasteiger partial charge in [-0.2, -0.15) is 0 Å². The fraction of sp³-hybridized carbons (Fsp3) is 0.417. The highest BCUT2D eigenvalue weighted by Gasteiger charge is 2.45. The highest BCUT2D eigenvalue weighted by molar-refractivity contribution is 7.54. The predicted molar refractivity (Wildman–Crippen MR) is 125 cm³/mol. The normalized spacial score (nSPS) is 15.6. The molecule has 184 valence electrons. The maximum absolute atomic E-state index is 15.1. The van der Waals surface area contributed by atoms with Crippen molar-refractivity contribution in [3.63, 3.8) is 0 Å². The van der Waals surface area contributed by atoms with E-state index >= 15 is 4.39 Å². The van der Waals surface area contributed by atoms with Crippen molar-refractivity contribution in [2.24, 2.45) is 5.92 Å². The van der Waals surface area contributed by atoms with Crippen LogP contribution in [0, 0.1) is 5.92 Å². The van der Waals surface area contributed by atoms with Gasteiger partial charge in [0.25, 0.3) is 0 Å². The zero-order valence-electron chi connectivity index (χ0n) is 19.3. The van der Waals surface area contributed by atoms with Gasteiger partial charge in [0.05, 0.1) is 13.2 Å². The molecule has 1 aliphatic carbocycles. The lowest BCUT2D eigenvalue weighted by Crippen LogP contribution is -2.48. The van der Waals surface area contributed by atoms with Gasteiger partial charge in [-0.25, -0.2) is 14.0 Å². The number of amides is 1. The first-order valence-electron chi connectivity index (χ1n) is 11.1. The molecule has 0 radical (unpaired) electrons. The second-order valence-electron chi connectivity index (χ2n) is 7.89. The molecule has 8 nitrogen and oxygen atoms in total. The maximum atomic E-state index is 15.1. The molecule has 2 aromatic carbocycles. The first-order valence-corrected chi connectivity index (χ1v) is 12.7. The number of rotatable bonds is 11. The van der Waals surface area contributed by atoms with Crippen LogP contribution in [0.2, 0.25) is 0 Å². The average molecular weight is 493 g/mol. The number of alkyl carbamates (subject to hydrolysis) is 1. The molecule has 34 heavy (non-hydrogen) atoms. The van der Waals surface area contributed by atoms with E-state index in [4.69, 9.17) is 13.8 Å². The van der Waals surface area contributed by atoms with Crippen LogP contribution in [-0.2, 0) is 23.1 Å². The number of carbonyl (C=O) groups is 2. The number of hydrogen-bond acceptors (Lipinski definition) is 6. The molecule has 0 unspecified atom stereocenters. The van der Waals surface area contributed by atoms with E-state index in [0.717, 1.165) is 22.3 Å². The second kappa shape index (κ2) is 11.1. The van der Waals surface area contributed by atoms with Crippen LogP contribution < -0.4 is 5.32 Å². The van der Waals surface area contributed by atoms with E-state index in [-0.39, 0.29) is 25.7 Å². The quantitative estimate of drug-likeness (QED) is 0.415. The molecule has 0 saturated heterocycles. The molecule has 0 spiro atoms. The third-order valence-corrected chi connectivity index (χ3v) is 8.07. The third kappa shape index (κ3) is 5.32. The molecule has 1 aliphatic rings. The van der Waals surface area contributed by atoms with E-state index < -0.39 is 37.5 Å². The standard InChI is InChI=1S/C24H29FNO7P/c1-4-32-34(30,33-5-2)22(25)15(3)21(23(27)28)26-24(29)31-14-20-18-12-8-6-10-16(18)17-11-7-9-13-19(17)20/h6-13,15,20-22H,4-5,14H2,1-3H3,(H,26,29)(H,27,28)/t15-,21+,22+/m1/s1. The molecule has 2 aromatic rings. The molecule has 2 N–H and O–H groups in total. The summed E-state index contributed by atoms with van der Waals surface area (Å²) in [6.07, 6.45) is -1.02. The van der Waals surface area contributed by atoms with E-state index in [0.29, 0.717) is 0 Å². The molecule has 0 saturated carbocycles. The summed E-state index contributed by atoms with van der Waals surface area (Å²) >= 11 is 0. The van der Waals surface area contributed by atoms with Crippen molar-refractivity contribution in [2.45, 2.75) is 38.6 Å². The first-order chi connectivity index (χ1) is 16.2. The van der Waals surface area contributed by atoms with Crippen LogP contribution in [0.1, 0.15) is 37.8 Å². The van der Waals surface area contributed by atoms with E-state index in [1.54, 1.807) is 0 Å². The summed E-state index contributed by atoms with van der Waals surface area (Å²) in [6.45, 7) is 4.07. The number of fused-ring (bicyclic) bond motifs is 3. The highest BCUT2D eigenvalue weighted by Crippen LogP contribution is 2.56. The van der Waals surface area contributed by atoms with Crippen LogP contribution >= 0.6 is 7.60 Å². The Kier molecular flexibility index (Phi) is 8.47. The van der Waals surface area contributed by atoms with Crippen molar-refractivity contribution >= 4 is 19.7 Å². The summed E-state index contributed by atoms with van der Waals surface area (Å²) in [5.41, 5.74) is 4.09. The monoisotopic (exact) mass is 493 g/mol. The fourth-order valence-electron chi connectivity index (χ4n) is 4.17. The summed E-state index contributed by atoms with van der Waals surface area (Å²) in [5.74, 6) is -5.39. The topological polar surface area (TPSA) is 111 Å². The van der Waals surface area contributed by atoms with Crippen molar-refractivity contribution in [3.8, 4) is 11.1 Å². The van der Waals surface area contributed by atoms with Crippen molar-refractivity contribution < 1.29 is 37.4 Å². The van der Waals surface area contributed by atoms with Gasteiger partial charge in [0.1, 0.15) is 12.6 Å². The molecule has 0 aliphatic heterocycles. The molecule has 1 amide bonds. The van der Waals surface area contributed by atoms with Crippen LogP contribution in [0.3, 0.4) is 0 Å². The van der Waals surface area contributed by atoms with Crippen LogP contribution in [-0.4, -0.2) is 48.9 Å². The Hall–Kier alpha value is -2.74. The van der Waals surface area contributed by atoms with Crippen molar-refractivity contribution in [3.05, 3.63) is 59.7 Å². The van der Waals surface area contributed by atoms with E-state index in [1.807, 2.05) is 48.5 Å². The van der Waals surface area contributed by atoms with Crippen LogP contribution in [0.25, 0.3) is 11.1 Å². The molecule has 0 heterocycles. The lowest BCUT2D eigenvalue weighted by atomic mass is 9.98. The number of aliphatic carboxylic acids is 1. The average Bonchev–Trinajstić information content (AvgIpc) is 3.14. The molecule has 10 heteroatoms. The third-order valence-electron chi connectivity index (χ3n) is 5.76. The molecular formula is C24H29FNO7P. The number of carboxylic acids is 1. The number of carbonyl (C=O) groups excluding carboxylic acids is 1. The summed E-state index contributed by atoms with van der Waals surface area (Å²) in [7, 11) is -4.23. The van der Waals surface area contributed by atoms with Gasteiger partial charge < -0.3 is 24.2 Å². The van der Waals surface area contributed by atoms with Gasteiger partial charge in [-0.1, -0.05) is 55.5 Å². The minimum absolute atomic E-state index is 0.0317. The summed E-state index contributed by atoms with van der Waals surface area (Å²) in [6, 6.07) is 13.8. The van der Waals surface area contributed by atoms with Gasteiger partial charge in [0.2, 0.25) is 5.91 Å². The predicted octanol–water partition coefficient (Wildman–Crippen LogP) is 5.18. The molecule has 0 bridgehead atoms. The Morgan fingerprint density at radius 3 is 2.00 bits per heavy atom. The van der Waals surface area contributed by atoms with E-state index in [9.17, 15) is 19.3 Å². The molecule has 3 atom stereocenters. The largest absolute Gasteiger partial charge is 0.480 e. The van der Waals surface area contributed by atoms with Gasteiger partial charge in [-0.15, -0.1) is 0 Å². The molecule has 0 fully saturated rings. The maximum Gasteiger partial charge on any atom is 0.407 e. The Balaban J connectivity index is 1.70. The fourth-order valence-corrected chi connectivity index (χ4v) is 6.00. The van der Waals surface area contributed by atoms with Crippen LogP contribution in [0.5, 0.6) is 0 Å². The van der Waals surface area contributed by atoms with Gasteiger partial charge in [-0.3, -0.25) is 4.57 Å². The van der Waals surface area contributed by atoms with Crippen molar-refractivity contribution in [1.82, 2.24) is 5.32 Å². The molecule has 0 aromatic heterocycles. The van der Waals surface area contributed by atoms with Crippen LogP contribution in [0.4, 0.5) is 9.18 Å². The highest BCUT2D eigenvalue weighted by atomic mass is 31.2. The Labute approximate surface area is 197 Å². The zero-order chi connectivity index (χ0) is 24.9. The number of benzene rings is 2.